The zero-order valence-electron chi connectivity index (χ0n) is 10.4. The zero-order chi connectivity index (χ0) is 13.7. The van der Waals surface area contributed by atoms with Gasteiger partial charge in [-0.05, 0) is 30.3 Å². The molecule has 0 atom stereocenters. The highest BCUT2D eigenvalue weighted by Crippen LogP contribution is 2.09. The van der Waals surface area contributed by atoms with Crippen molar-refractivity contribution in [1.29, 1.82) is 0 Å². The number of hydrogen-bond acceptors (Lipinski definition) is 3. The fraction of sp³-hybridized carbons (Fsp3) is 0.0714. The normalized spacial score (nSPS) is 10.2. The average molecular weight is 356 g/mol. The molecule has 4 nitrogen and oxygen atoms in total. The second kappa shape index (κ2) is 7.77. The van der Waals surface area contributed by atoms with Gasteiger partial charge in [0, 0.05) is 16.7 Å². The summed E-state index contributed by atoms with van der Waals surface area (Å²) in [5.74, 6) is -0.0141. The largest absolute Gasteiger partial charge is 1.00 e. The maximum atomic E-state index is 12.0. The lowest BCUT2D eigenvalue weighted by molar-refractivity contribution is -0.683. The van der Waals surface area contributed by atoms with E-state index in [0.717, 1.165) is 0 Å². The number of rotatable bonds is 4. The highest BCUT2D eigenvalue weighted by atomic mass is 79.9. The molecule has 0 aliphatic heterocycles. The minimum Gasteiger partial charge on any atom is -1.00 e. The van der Waals surface area contributed by atoms with Crippen LogP contribution in [0.3, 0.4) is 0 Å². The average Bonchev–Trinajstić information content (AvgIpc) is 2.40. The molecule has 0 aliphatic rings. The van der Waals surface area contributed by atoms with Crippen LogP contribution in [0.25, 0.3) is 0 Å². The number of pyridine rings is 1. The fourth-order valence-electron chi connectivity index (χ4n) is 1.68. The number of nitrogens with zero attached hydrogens (tertiary/aromatic N) is 2. The van der Waals surface area contributed by atoms with Crippen LogP contribution in [-0.4, -0.2) is 17.2 Å². The van der Waals surface area contributed by atoms with Gasteiger partial charge in [-0.25, -0.2) is 0 Å². The van der Waals surface area contributed by atoms with Crippen LogP contribution < -0.4 is 21.5 Å². The van der Waals surface area contributed by atoms with Gasteiger partial charge < -0.3 is 22.2 Å². The molecule has 1 N–H and O–H groups in total. The van der Waals surface area contributed by atoms with E-state index in [4.69, 9.17) is 16.8 Å². The molecule has 2 rings (SSSR count). The van der Waals surface area contributed by atoms with Crippen LogP contribution in [0, 0.1) is 0 Å². The number of Topliss-reactive ketones (excluding diaryl/α,β-unsaturated/α-hetero) is 1. The van der Waals surface area contributed by atoms with Gasteiger partial charge >= 0.3 is 0 Å². The van der Waals surface area contributed by atoms with E-state index in [-0.39, 0.29) is 29.3 Å². The van der Waals surface area contributed by atoms with Crippen molar-refractivity contribution in [2.45, 2.75) is 6.54 Å². The maximum absolute atomic E-state index is 12.0. The van der Waals surface area contributed by atoms with Crippen LogP contribution in [0.15, 0.2) is 53.9 Å². The maximum Gasteiger partial charge on any atom is 0.227 e. The standard InChI is InChI=1S/C14H11ClN2O2.BrH/c15-13-5-3-12(4-6-13)14(18)10-17-7-1-2-11(9-17)8-16-19;/h1-9H,10H2;1H. The van der Waals surface area contributed by atoms with Gasteiger partial charge in [-0.15, -0.1) is 0 Å². The Balaban J connectivity index is 0.00000200. The van der Waals surface area contributed by atoms with Crippen LogP contribution in [0.5, 0.6) is 0 Å². The highest BCUT2D eigenvalue weighted by molar-refractivity contribution is 6.30. The van der Waals surface area contributed by atoms with E-state index in [1.165, 1.54) is 6.21 Å². The SMILES string of the molecule is O=C(C[n+]1cccc(C=NO)c1)c1ccc(Cl)cc1.[Br-]. The molecular weight excluding hydrogens is 344 g/mol. The van der Waals surface area contributed by atoms with Gasteiger partial charge in [-0.1, -0.05) is 16.8 Å². The lowest BCUT2D eigenvalue weighted by Gasteiger charge is -1.99. The van der Waals surface area contributed by atoms with Crippen LogP contribution >= 0.6 is 11.6 Å². The molecule has 2 aromatic rings. The number of halogens is 2. The van der Waals surface area contributed by atoms with E-state index in [1.54, 1.807) is 53.4 Å². The summed E-state index contributed by atoms with van der Waals surface area (Å²) in [7, 11) is 0. The minimum atomic E-state index is -0.0141. The summed E-state index contributed by atoms with van der Waals surface area (Å²) in [6, 6.07) is 10.3. The van der Waals surface area contributed by atoms with Gasteiger partial charge in [0.05, 0.1) is 11.8 Å². The molecule has 0 bridgehead atoms. The first-order valence-corrected chi connectivity index (χ1v) is 6.02. The molecule has 0 aliphatic carbocycles. The van der Waals surface area contributed by atoms with Crippen LogP contribution in [0.4, 0.5) is 0 Å². The summed E-state index contributed by atoms with van der Waals surface area (Å²) in [4.78, 5) is 12.0. The predicted octanol–water partition coefficient (Wildman–Crippen LogP) is -0.677. The molecule has 6 heteroatoms. The Labute approximate surface area is 132 Å². The van der Waals surface area contributed by atoms with Crippen LogP contribution in [-0.2, 0) is 6.54 Å². The van der Waals surface area contributed by atoms with Crippen molar-refractivity contribution >= 4 is 23.6 Å². The summed E-state index contributed by atoms with van der Waals surface area (Å²) >= 11 is 5.78. The molecule has 0 fully saturated rings. The first-order chi connectivity index (χ1) is 9.19. The third-order valence-electron chi connectivity index (χ3n) is 2.58. The second-order valence-electron chi connectivity index (χ2n) is 3.98. The molecule has 0 amide bonds. The first kappa shape index (κ1) is 16.3. The number of benzene rings is 1. The van der Waals surface area contributed by atoms with Gasteiger partial charge in [0.15, 0.2) is 12.4 Å². The van der Waals surface area contributed by atoms with E-state index >= 15 is 0 Å². The Bertz CT molecular complexity index is 615. The molecule has 0 saturated carbocycles. The minimum absolute atomic E-state index is 0. The molecule has 1 aromatic heterocycles. The molecule has 1 aromatic carbocycles. The summed E-state index contributed by atoms with van der Waals surface area (Å²) < 4.78 is 1.73. The van der Waals surface area contributed by atoms with Crippen molar-refractivity contribution < 1.29 is 31.6 Å². The monoisotopic (exact) mass is 354 g/mol. The van der Waals surface area contributed by atoms with Crippen molar-refractivity contribution in [2.24, 2.45) is 5.16 Å². The van der Waals surface area contributed by atoms with E-state index in [0.29, 0.717) is 16.1 Å². The quantitative estimate of drug-likeness (QED) is 0.260. The number of carbonyl (C=O) groups excluding carboxylic acids is 1. The molecule has 0 spiro atoms. The summed E-state index contributed by atoms with van der Waals surface area (Å²) in [5.41, 5.74) is 1.33. The Morgan fingerprint density at radius 1 is 1.30 bits per heavy atom. The van der Waals surface area contributed by atoms with Gasteiger partial charge in [0.1, 0.15) is 0 Å². The molecule has 1 heterocycles. The molecular formula is C14H12BrClN2O2. The number of aromatic nitrogens is 1. The predicted molar refractivity (Wildman–Crippen MR) is 71.8 cm³/mol. The van der Waals surface area contributed by atoms with E-state index in [1.807, 2.05) is 0 Å². The fourth-order valence-corrected chi connectivity index (χ4v) is 1.80. The summed E-state index contributed by atoms with van der Waals surface area (Å²) in [6.07, 6.45) is 4.82. The second-order valence-corrected chi connectivity index (χ2v) is 4.42. The Hall–Kier alpha value is -1.72. The molecule has 20 heavy (non-hydrogen) atoms. The lowest BCUT2D eigenvalue weighted by atomic mass is 10.1. The van der Waals surface area contributed by atoms with E-state index in [2.05, 4.69) is 5.16 Å². The van der Waals surface area contributed by atoms with Gasteiger partial charge in [0.25, 0.3) is 0 Å². The van der Waals surface area contributed by atoms with Crippen molar-refractivity contribution in [3.63, 3.8) is 0 Å². The summed E-state index contributed by atoms with van der Waals surface area (Å²) in [5, 5.41) is 12.0. The first-order valence-electron chi connectivity index (χ1n) is 5.64. The van der Waals surface area contributed by atoms with Crippen LogP contribution in [0.1, 0.15) is 15.9 Å². The molecule has 0 radical (unpaired) electrons. The number of oxime groups is 1. The van der Waals surface area contributed by atoms with Crippen LogP contribution in [0.2, 0.25) is 5.02 Å². The Kier molecular flexibility index (Phi) is 6.35. The van der Waals surface area contributed by atoms with Gasteiger partial charge in [-0.3, -0.25) is 4.79 Å². The van der Waals surface area contributed by atoms with Crippen molar-refractivity contribution in [2.75, 3.05) is 0 Å². The number of ketones is 1. The smallest absolute Gasteiger partial charge is 0.227 e. The van der Waals surface area contributed by atoms with Gasteiger partial charge in [-0.2, -0.15) is 4.57 Å². The number of carbonyl (C=O) groups is 1. The van der Waals surface area contributed by atoms with Crippen molar-refractivity contribution in [3.8, 4) is 0 Å². The van der Waals surface area contributed by atoms with Crippen molar-refractivity contribution in [3.05, 3.63) is 64.9 Å². The molecule has 0 saturated heterocycles. The third kappa shape index (κ3) is 4.43. The molecule has 104 valence electrons. The Morgan fingerprint density at radius 2 is 2.00 bits per heavy atom. The topological polar surface area (TPSA) is 53.5 Å². The van der Waals surface area contributed by atoms with E-state index < -0.39 is 0 Å². The van der Waals surface area contributed by atoms with Gasteiger partial charge in [0.2, 0.25) is 12.3 Å². The van der Waals surface area contributed by atoms with Crippen molar-refractivity contribution in [1.82, 2.24) is 0 Å². The Morgan fingerprint density at radius 3 is 2.65 bits per heavy atom. The molecule has 0 unspecified atom stereocenters. The highest BCUT2D eigenvalue weighted by Gasteiger charge is 2.12. The summed E-state index contributed by atoms with van der Waals surface area (Å²) in [6.45, 7) is 0.217. The van der Waals surface area contributed by atoms with E-state index in [9.17, 15) is 4.79 Å². The number of hydrogen-bond donors (Lipinski definition) is 1. The lowest BCUT2D eigenvalue weighted by Crippen LogP contribution is -3.00. The zero-order valence-corrected chi connectivity index (χ0v) is 12.8. The third-order valence-corrected chi connectivity index (χ3v) is 2.83.